The lowest BCUT2D eigenvalue weighted by atomic mass is 10.3. The van der Waals surface area contributed by atoms with Crippen LogP contribution in [0.5, 0.6) is 11.5 Å². The van der Waals surface area contributed by atoms with Crippen LogP contribution < -0.4 is 9.47 Å². The molecule has 0 aliphatic heterocycles. The third-order valence-electron chi connectivity index (χ3n) is 3.63. The average molecular weight is 387 g/mol. The molecule has 0 unspecified atom stereocenters. The van der Waals surface area contributed by atoms with Crippen molar-refractivity contribution < 1.29 is 18.7 Å². The first-order valence-electron chi connectivity index (χ1n) is 8.16. The first kappa shape index (κ1) is 18.9. The van der Waals surface area contributed by atoms with Gasteiger partial charge in [0.05, 0.1) is 18.6 Å². The highest BCUT2D eigenvalue weighted by atomic mass is 32.2. The number of carbonyl (C=O) groups excluding carboxylic acids is 1. The maximum Gasteiger partial charge on any atom is 0.196 e. The second kappa shape index (κ2) is 8.68. The van der Waals surface area contributed by atoms with Gasteiger partial charge < -0.3 is 9.47 Å². The van der Waals surface area contributed by atoms with Crippen molar-refractivity contribution in [2.45, 2.75) is 18.7 Å². The number of hydrogen-bond acceptors (Lipinski definition) is 6. The predicted octanol–water partition coefficient (Wildman–Crippen LogP) is 3.68. The molecule has 0 amide bonds. The highest BCUT2D eigenvalue weighted by Gasteiger charge is 2.18. The number of hydrogen-bond donors (Lipinski definition) is 0. The van der Waals surface area contributed by atoms with Crippen molar-refractivity contribution in [2.24, 2.45) is 0 Å². The van der Waals surface area contributed by atoms with Crippen LogP contribution in [0.15, 0.2) is 53.7 Å². The number of ketones is 1. The molecule has 0 aliphatic carbocycles. The number of ether oxygens (including phenoxy) is 2. The van der Waals surface area contributed by atoms with Gasteiger partial charge in [-0.3, -0.25) is 9.36 Å². The Kier molecular flexibility index (Phi) is 6.08. The van der Waals surface area contributed by atoms with Crippen LogP contribution in [0.4, 0.5) is 4.39 Å². The van der Waals surface area contributed by atoms with Crippen molar-refractivity contribution in [1.29, 1.82) is 0 Å². The van der Waals surface area contributed by atoms with Crippen LogP contribution >= 0.6 is 11.8 Å². The first-order valence-corrected chi connectivity index (χ1v) is 9.15. The molecule has 0 N–H and O–H groups in total. The van der Waals surface area contributed by atoms with Gasteiger partial charge in [-0.25, -0.2) is 4.39 Å². The molecule has 0 saturated heterocycles. The van der Waals surface area contributed by atoms with Crippen molar-refractivity contribution in [3.63, 3.8) is 0 Å². The van der Waals surface area contributed by atoms with Gasteiger partial charge in [-0.1, -0.05) is 23.9 Å². The summed E-state index contributed by atoms with van der Waals surface area (Å²) in [5.41, 5.74) is 0.307. The van der Waals surface area contributed by atoms with Crippen LogP contribution in [0.3, 0.4) is 0 Å². The van der Waals surface area contributed by atoms with E-state index >= 15 is 0 Å². The van der Waals surface area contributed by atoms with Crippen molar-refractivity contribution in [2.75, 3.05) is 12.9 Å². The number of halogens is 1. The van der Waals surface area contributed by atoms with E-state index in [1.165, 1.54) is 24.8 Å². The van der Waals surface area contributed by atoms with Crippen LogP contribution in [0.1, 0.15) is 12.7 Å². The van der Waals surface area contributed by atoms with Gasteiger partial charge in [0.1, 0.15) is 29.7 Å². The van der Waals surface area contributed by atoms with E-state index in [-0.39, 0.29) is 18.1 Å². The SMILES string of the molecule is COc1ccc(OCc2nnc(SCC(C)=O)n2-c2ccccc2F)cc1. The fraction of sp³-hybridized carbons (Fsp3) is 0.211. The van der Waals surface area contributed by atoms with Gasteiger partial charge in [0.25, 0.3) is 0 Å². The van der Waals surface area contributed by atoms with Crippen molar-refractivity contribution in [3.8, 4) is 17.2 Å². The highest BCUT2D eigenvalue weighted by Crippen LogP contribution is 2.25. The second-order valence-corrected chi connectivity index (χ2v) is 6.58. The third-order valence-corrected chi connectivity index (χ3v) is 4.70. The minimum atomic E-state index is -0.410. The van der Waals surface area contributed by atoms with Crippen LogP contribution in [0, 0.1) is 5.82 Å². The maximum atomic E-state index is 14.4. The van der Waals surface area contributed by atoms with Gasteiger partial charge in [0.2, 0.25) is 0 Å². The summed E-state index contributed by atoms with van der Waals surface area (Å²) in [4.78, 5) is 11.3. The number of benzene rings is 2. The zero-order chi connectivity index (χ0) is 19.2. The number of methoxy groups -OCH3 is 1. The zero-order valence-corrected chi connectivity index (χ0v) is 15.7. The fourth-order valence-electron chi connectivity index (χ4n) is 2.35. The number of thioether (sulfide) groups is 1. The lowest BCUT2D eigenvalue weighted by molar-refractivity contribution is -0.114. The molecule has 0 spiro atoms. The largest absolute Gasteiger partial charge is 0.497 e. The summed E-state index contributed by atoms with van der Waals surface area (Å²) in [5.74, 6) is 1.59. The molecule has 1 heterocycles. The van der Waals surface area contributed by atoms with E-state index in [4.69, 9.17) is 9.47 Å². The number of Topliss-reactive ketones (excluding diaryl/α,β-unsaturated/α-hetero) is 1. The summed E-state index contributed by atoms with van der Waals surface area (Å²) < 4.78 is 26.8. The Bertz CT molecular complexity index is 928. The van der Waals surface area contributed by atoms with E-state index in [1.807, 2.05) is 0 Å². The summed E-state index contributed by atoms with van der Waals surface area (Å²) in [7, 11) is 1.59. The van der Waals surface area contributed by atoms with Gasteiger partial charge in [0, 0.05) is 0 Å². The van der Waals surface area contributed by atoms with E-state index in [1.54, 1.807) is 54.1 Å². The molecular formula is C19H18FN3O3S. The molecule has 2 aromatic carbocycles. The Balaban J connectivity index is 1.87. The number of para-hydroxylation sites is 1. The maximum absolute atomic E-state index is 14.4. The minimum absolute atomic E-state index is 0.000818. The van der Waals surface area contributed by atoms with Gasteiger partial charge in [-0.15, -0.1) is 10.2 Å². The molecule has 0 aliphatic rings. The third kappa shape index (κ3) is 4.65. The fourth-order valence-corrected chi connectivity index (χ4v) is 3.11. The lowest BCUT2D eigenvalue weighted by Crippen LogP contribution is -2.08. The van der Waals surface area contributed by atoms with E-state index in [0.29, 0.717) is 22.4 Å². The minimum Gasteiger partial charge on any atom is -0.497 e. The van der Waals surface area contributed by atoms with E-state index < -0.39 is 5.82 Å². The summed E-state index contributed by atoms with van der Waals surface area (Å²) in [6, 6.07) is 13.4. The standard InChI is InChI=1S/C19H18FN3O3S/c1-13(24)12-27-19-22-21-18(23(19)17-6-4-3-5-16(17)20)11-26-15-9-7-14(25-2)8-10-15/h3-10H,11-12H2,1-2H3. The van der Waals surface area contributed by atoms with E-state index in [0.717, 1.165) is 5.75 Å². The summed E-state index contributed by atoms with van der Waals surface area (Å²) in [5, 5.41) is 8.66. The number of carbonyl (C=O) groups is 1. The van der Waals surface area contributed by atoms with Gasteiger partial charge in [0.15, 0.2) is 11.0 Å². The molecule has 0 atom stereocenters. The van der Waals surface area contributed by atoms with Crippen LogP contribution in [0.2, 0.25) is 0 Å². The van der Waals surface area contributed by atoms with Crippen LogP contribution in [-0.4, -0.2) is 33.4 Å². The summed E-state index contributed by atoms with van der Waals surface area (Å²) in [6.45, 7) is 1.58. The monoisotopic (exact) mass is 387 g/mol. The second-order valence-electron chi connectivity index (χ2n) is 5.64. The number of nitrogens with zero attached hydrogens (tertiary/aromatic N) is 3. The molecule has 3 rings (SSSR count). The van der Waals surface area contributed by atoms with Crippen LogP contribution in [0.25, 0.3) is 5.69 Å². The average Bonchev–Trinajstić information content (AvgIpc) is 3.08. The highest BCUT2D eigenvalue weighted by molar-refractivity contribution is 7.99. The molecule has 0 fully saturated rings. The Morgan fingerprint density at radius 1 is 1.11 bits per heavy atom. The molecule has 8 heteroatoms. The summed E-state index contributed by atoms with van der Waals surface area (Å²) in [6.07, 6.45) is 0. The first-order chi connectivity index (χ1) is 13.1. The smallest absolute Gasteiger partial charge is 0.196 e. The van der Waals surface area contributed by atoms with Crippen LogP contribution in [-0.2, 0) is 11.4 Å². The molecule has 6 nitrogen and oxygen atoms in total. The topological polar surface area (TPSA) is 66.2 Å². The molecule has 0 saturated carbocycles. The molecular weight excluding hydrogens is 369 g/mol. The number of aromatic nitrogens is 3. The van der Waals surface area contributed by atoms with Gasteiger partial charge in [-0.2, -0.15) is 0 Å². The van der Waals surface area contributed by atoms with Gasteiger partial charge in [-0.05, 0) is 43.3 Å². The van der Waals surface area contributed by atoms with E-state index in [9.17, 15) is 9.18 Å². The van der Waals surface area contributed by atoms with Crippen molar-refractivity contribution in [3.05, 3.63) is 60.2 Å². The number of rotatable bonds is 8. The Morgan fingerprint density at radius 2 is 1.81 bits per heavy atom. The molecule has 0 radical (unpaired) electrons. The van der Waals surface area contributed by atoms with Crippen molar-refractivity contribution >= 4 is 17.5 Å². The molecule has 3 aromatic rings. The van der Waals surface area contributed by atoms with E-state index in [2.05, 4.69) is 10.2 Å². The lowest BCUT2D eigenvalue weighted by Gasteiger charge is -2.12. The predicted molar refractivity (Wildman–Crippen MR) is 100 cm³/mol. The normalized spacial score (nSPS) is 10.6. The van der Waals surface area contributed by atoms with Gasteiger partial charge >= 0.3 is 0 Å². The Labute approximate surface area is 160 Å². The Morgan fingerprint density at radius 3 is 2.48 bits per heavy atom. The molecule has 1 aromatic heterocycles. The molecule has 0 bridgehead atoms. The molecule has 27 heavy (non-hydrogen) atoms. The Hall–Kier alpha value is -2.87. The molecule has 140 valence electrons. The summed E-state index contributed by atoms with van der Waals surface area (Å²) >= 11 is 1.21. The van der Waals surface area contributed by atoms with Crippen molar-refractivity contribution in [1.82, 2.24) is 14.8 Å². The quantitative estimate of drug-likeness (QED) is 0.550. The zero-order valence-electron chi connectivity index (χ0n) is 14.9.